The summed E-state index contributed by atoms with van der Waals surface area (Å²) in [5.41, 5.74) is -0.682. The lowest BCUT2D eigenvalue weighted by Crippen LogP contribution is -2.47. The number of hydrogen-bond donors (Lipinski definition) is 2. The van der Waals surface area contributed by atoms with Gasteiger partial charge in [0.2, 0.25) is 0 Å². The van der Waals surface area contributed by atoms with Crippen LogP contribution in [0.4, 0.5) is 13.6 Å². The first-order chi connectivity index (χ1) is 8.68. The van der Waals surface area contributed by atoms with Crippen LogP contribution in [-0.2, 0) is 4.74 Å². The summed E-state index contributed by atoms with van der Waals surface area (Å²) in [4.78, 5) is 11.3. The number of rotatable bonds is 5. The maximum atomic E-state index is 13.5. The summed E-state index contributed by atoms with van der Waals surface area (Å²) in [6.45, 7) is 3.92. The van der Waals surface area contributed by atoms with E-state index < -0.39 is 30.7 Å². The molecule has 2 N–H and O–H groups in total. The van der Waals surface area contributed by atoms with Crippen molar-refractivity contribution >= 4 is 17.9 Å². The molecule has 1 amide bonds. The van der Waals surface area contributed by atoms with E-state index in [4.69, 9.17) is 4.74 Å². The molecule has 1 fully saturated rings. The number of halogens is 2. The minimum absolute atomic E-state index is 0.150. The predicted molar refractivity (Wildman–Crippen MR) is 72.9 cm³/mol. The van der Waals surface area contributed by atoms with Crippen molar-refractivity contribution in [1.29, 1.82) is 0 Å². The molecule has 19 heavy (non-hydrogen) atoms. The Kier molecular flexibility index (Phi) is 5.85. The maximum absolute atomic E-state index is 13.5. The average molecular weight is 296 g/mol. The molecule has 4 nitrogen and oxygen atoms in total. The predicted octanol–water partition coefficient (Wildman–Crippen LogP) is 2.24. The van der Waals surface area contributed by atoms with Gasteiger partial charge in [0.15, 0.2) is 0 Å². The fourth-order valence-electron chi connectivity index (χ4n) is 1.57. The van der Waals surface area contributed by atoms with Crippen LogP contribution in [0, 0.1) is 0 Å². The van der Waals surface area contributed by atoms with E-state index in [1.165, 1.54) is 0 Å². The van der Waals surface area contributed by atoms with Crippen molar-refractivity contribution in [2.24, 2.45) is 0 Å². The Labute approximate surface area is 117 Å². The van der Waals surface area contributed by atoms with Crippen molar-refractivity contribution in [3.63, 3.8) is 0 Å². The normalized spacial score (nSPS) is 20.4. The van der Waals surface area contributed by atoms with E-state index in [2.05, 4.69) is 10.6 Å². The van der Waals surface area contributed by atoms with Crippen LogP contribution in [0.1, 0.15) is 27.2 Å². The quantitative estimate of drug-likeness (QED) is 0.817. The number of alkyl carbamates (subject to hydrolysis) is 1. The minimum Gasteiger partial charge on any atom is -0.444 e. The zero-order chi connectivity index (χ0) is 14.5. The summed E-state index contributed by atoms with van der Waals surface area (Å²) in [6, 6.07) is 0.150. The van der Waals surface area contributed by atoms with Gasteiger partial charge in [-0.3, -0.25) is 0 Å². The highest BCUT2D eigenvalue weighted by molar-refractivity contribution is 7.99. The minimum atomic E-state index is -2.97. The van der Waals surface area contributed by atoms with Crippen LogP contribution < -0.4 is 10.6 Å². The molecule has 1 aliphatic rings. The molecule has 1 heterocycles. The zero-order valence-corrected chi connectivity index (χ0v) is 12.4. The van der Waals surface area contributed by atoms with Crippen molar-refractivity contribution < 1.29 is 18.3 Å². The Balaban J connectivity index is 2.23. The number of ether oxygens (including phenoxy) is 1. The van der Waals surface area contributed by atoms with E-state index in [1.54, 1.807) is 32.5 Å². The molecule has 7 heteroatoms. The van der Waals surface area contributed by atoms with E-state index >= 15 is 0 Å². The summed E-state index contributed by atoms with van der Waals surface area (Å²) in [6.07, 6.45) is 0.101. The van der Waals surface area contributed by atoms with Crippen molar-refractivity contribution in [1.82, 2.24) is 10.6 Å². The van der Waals surface area contributed by atoms with Crippen molar-refractivity contribution in [3.05, 3.63) is 0 Å². The second-order valence-corrected chi connectivity index (χ2v) is 6.80. The van der Waals surface area contributed by atoms with E-state index in [9.17, 15) is 13.6 Å². The van der Waals surface area contributed by atoms with Gasteiger partial charge >= 0.3 is 6.09 Å². The van der Waals surface area contributed by atoms with Gasteiger partial charge < -0.3 is 15.4 Å². The first kappa shape index (κ1) is 16.5. The molecule has 112 valence electrons. The zero-order valence-electron chi connectivity index (χ0n) is 11.6. The summed E-state index contributed by atoms with van der Waals surface area (Å²) >= 11 is 1.76. The summed E-state index contributed by atoms with van der Waals surface area (Å²) in [7, 11) is 0. The molecule has 0 aliphatic carbocycles. The largest absolute Gasteiger partial charge is 0.444 e. The summed E-state index contributed by atoms with van der Waals surface area (Å²) < 4.78 is 32.0. The number of amides is 1. The number of carbonyl (C=O) groups is 1. The fraction of sp³-hybridized carbons (Fsp3) is 0.917. The molecule has 0 spiro atoms. The molecule has 1 atom stereocenters. The molecule has 0 aromatic carbocycles. The molecule has 1 saturated heterocycles. The molecule has 0 bridgehead atoms. The number of alkyl halides is 2. The molecular formula is C12H22F2N2O2S. The Morgan fingerprint density at radius 3 is 2.58 bits per heavy atom. The topological polar surface area (TPSA) is 50.4 Å². The lowest BCUT2D eigenvalue weighted by atomic mass is 10.2. The van der Waals surface area contributed by atoms with Crippen molar-refractivity contribution in [2.45, 2.75) is 44.8 Å². The smallest absolute Gasteiger partial charge is 0.407 e. The van der Waals surface area contributed by atoms with Crippen molar-refractivity contribution in [3.8, 4) is 0 Å². The molecule has 0 aromatic heterocycles. The van der Waals surface area contributed by atoms with E-state index in [0.29, 0.717) is 0 Å². The van der Waals surface area contributed by atoms with Crippen LogP contribution >= 0.6 is 11.8 Å². The van der Waals surface area contributed by atoms with Gasteiger partial charge in [0.1, 0.15) is 5.60 Å². The first-order valence-electron chi connectivity index (χ1n) is 6.34. The molecule has 0 saturated carbocycles. The Hall–Kier alpha value is -0.560. The van der Waals surface area contributed by atoms with Crippen LogP contribution in [0.2, 0.25) is 0 Å². The van der Waals surface area contributed by atoms with Crippen LogP contribution in [0.3, 0.4) is 0 Å². The second-order valence-electron chi connectivity index (χ2n) is 5.65. The number of nitrogens with one attached hydrogen (secondary N) is 2. The van der Waals surface area contributed by atoms with Gasteiger partial charge in [0.25, 0.3) is 5.92 Å². The third kappa shape index (κ3) is 7.57. The third-order valence-electron chi connectivity index (χ3n) is 2.47. The molecule has 1 unspecified atom stereocenters. The standard InChI is InChI=1S/C12H22F2N2O2S/c1-11(2,3)18-10(17)16-8-12(13,14)7-15-9-4-5-19-6-9/h9,15H,4-8H2,1-3H3,(H,16,17). The molecule has 0 aromatic rings. The van der Waals surface area contributed by atoms with E-state index in [-0.39, 0.29) is 6.04 Å². The third-order valence-corrected chi connectivity index (χ3v) is 3.63. The Morgan fingerprint density at radius 1 is 1.37 bits per heavy atom. The highest BCUT2D eigenvalue weighted by Crippen LogP contribution is 2.18. The summed E-state index contributed by atoms with van der Waals surface area (Å²) in [5.74, 6) is -1.08. The molecular weight excluding hydrogens is 274 g/mol. The van der Waals surface area contributed by atoms with Gasteiger partial charge in [-0.25, -0.2) is 13.6 Å². The lowest BCUT2D eigenvalue weighted by molar-refractivity contribution is -0.00503. The van der Waals surface area contributed by atoms with Gasteiger partial charge in [-0.05, 0) is 32.9 Å². The van der Waals surface area contributed by atoms with Gasteiger partial charge in [-0.2, -0.15) is 11.8 Å². The highest BCUT2D eigenvalue weighted by atomic mass is 32.2. The Bertz CT molecular complexity index is 303. The monoisotopic (exact) mass is 296 g/mol. The van der Waals surface area contributed by atoms with Gasteiger partial charge in [-0.15, -0.1) is 0 Å². The van der Waals surface area contributed by atoms with Gasteiger partial charge in [-0.1, -0.05) is 0 Å². The van der Waals surface area contributed by atoms with Crippen LogP contribution in [0.25, 0.3) is 0 Å². The van der Waals surface area contributed by atoms with Crippen molar-refractivity contribution in [2.75, 3.05) is 24.6 Å². The van der Waals surface area contributed by atoms with Gasteiger partial charge in [0.05, 0.1) is 13.1 Å². The second kappa shape index (κ2) is 6.74. The first-order valence-corrected chi connectivity index (χ1v) is 7.49. The number of carbonyl (C=O) groups excluding carboxylic acids is 1. The van der Waals surface area contributed by atoms with E-state index in [1.807, 2.05) is 0 Å². The average Bonchev–Trinajstić information content (AvgIpc) is 2.74. The highest BCUT2D eigenvalue weighted by Gasteiger charge is 2.31. The Morgan fingerprint density at radius 2 is 2.05 bits per heavy atom. The van der Waals surface area contributed by atoms with Crippen LogP contribution in [0.5, 0.6) is 0 Å². The molecule has 1 aliphatic heterocycles. The van der Waals surface area contributed by atoms with Crippen LogP contribution in [-0.4, -0.2) is 48.3 Å². The number of thioether (sulfide) groups is 1. The summed E-state index contributed by atoms with van der Waals surface area (Å²) in [5, 5.41) is 4.93. The van der Waals surface area contributed by atoms with Gasteiger partial charge in [0, 0.05) is 11.8 Å². The lowest BCUT2D eigenvalue weighted by Gasteiger charge is -2.23. The fourth-order valence-corrected chi connectivity index (χ4v) is 2.75. The molecule has 0 radical (unpaired) electrons. The van der Waals surface area contributed by atoms with Crippen LogP contribution in [0.15, 0.2) is 0 Å². The van der Waals surface area contributed by atoms with E-state index in [0.717, 1.165) is 17.9 Å². The number of hydrogen-bond acceptors (Lipinski definition) is 4. The maximum Gasteiger partial charge on any atom is 0.407 e. The molecule has 1 rings (SSSR count). The SMILES string of the molecule is CC(C)(C)OC(=O)NCC(F)(F)CNC1CCSC1.